The molecular formula is C12H20IN3S. The Morgan fingerprint density at radius 1 is 1.29 bits per heavy atom. The van der Waals surface area contributed by atoms with Gasteiger partial charge in [0.2, 0.25) is 0 Å². The van der Waals surface area contributed by atoms with Crippen LogP contribution in [-0.2, 0) is 0 Å². The molecule has 0 saturated heterocycles. The van der Waals surface area contributed by atoms with E-state index in [1.165, 1.54) is 11.1 Å². The van der Waals surface area contributed by atoms with Gasteiger partial charge >= 0.3 is 0 Å². The largest absolute Gasteiger partial charge is 0.370 e. The first-order valence-corrected chi connectivity index (χ1v) is 6.65. The Labute approximate surface area is 125 Å². The third kappa shape index (κ3) is 6.78. The van der Waals surface area contributed by atoms with Crippen LogP contribution in [0, 0.1) is 13.8 Å². The molecule has 1 aromatic rings. The maximum atomic E-state index is 5.78. The Morgan fingerprint density at radius 2 is 1.88 bits per heavy atom. The van der Waals surface area contributed by atoms with Crippen LogP contribution < -0.4 is 11.1 Å². The van der Waals surface area contributed by atoms with Crippen molar-refractivity contribution in [3.05, 3.63) is 29.3 Å². The van der Waals surface area contributed by atoms with Gasteiger partial charge in [0.15, 0.2) is 5.96 Å². The summed E-state index contributed by atoms with van der Waals surface area (Å²) in [5.41, 5.74) is 9.22. The highest BCUT2D eigenvalue weighted by Crippen LogP contribution is 2.13. The number of rotatable bonds is 4. The minimum atomic E-state index is 0. The maximum absolute atomic E-state index is 5.78. The van der Waals surface area contributed by atoms with Crippen LogP contribution in [0.25, 0.3) is 0 Å². The predicted molar refractivity (Wildman–Crippen MR) is 89.8 cm³/mol. The minimum absolute atomic E-state index is 0. The van der Waals surface area contributed by atoms with Crippen LogP contribution in [0.4, 0.5) is 5.69 Å². The second-order valence-electron chi connectivity index (χ2n) is 3.76. The van der Waals surface area contributed by atoms with Crippen LogP contribution in [0.3, 0.4) is 0 Å². The molecule has 0 unspecified atom stereocenters. The van der Waals surface area contributed by atoms with Gasteiger partial charge in [0.25, 0.3) is 0 Å². The molecule has 0 aliphatic heterocycles. The molecule has 0 amide bonds. The van der Waals surface area contributed by atoms with Gasteiger partial charge in [0.05, 0.1) is 6.54 Å². The Kier molecular flexibility index (Phi) is 8.41. The first kappa shape index (κ1) is 16.6. The fraction of sp³-hybridized carbons (Fsp3) is 0.417. The lowest BCUT2D eigenvalue weighted by Gasteiger charge is -2.07. The third-order valence-corrected chi connectivity index (χ3v) is 2.66. The Bertz CT molecular complexity index is 360. The molecule has 3 nitrogen and oxygen atoms in total. The Hall–Kier alpha value is -0.430. The van der Waals surface area contributed by atoms with Crippen LogP contribution in [-0.4, -0.2) is 24.5 Å². The molecule has 0 aromatic heterocycles. The zero-order valence-electron chi connectivity index (χ0n) is 10.5. The van der Waals surface area contributed by atoms with Crippen molar-refractivity contribution in [1.82, 2.24) is 0 Å². The molecule has 1 rings (SSSR count). The molecule has 17 heavy (non-hydrogen) atoms. The summed E-state index contributed by atoms with van der Waals surface area (Å²) in [6, 6.07) is 6.25. The van der Waals surface area contributed by atoms with E-state index < -0.39 is 0 Å². The predicted octanol–water partition coefficient (Wildman–Crippen LogP) is 3.01. The third-order valence-electron chi connectivity index (χ3n) is 2.07. The van der Waals surface area contributed by atoms with Gasteiger partial charge in [-0.3, -0.25) is 4.99 Å². The van der Waals surface area contributed by atoms with Gasteiger partial charge in [-0.1, -0.05) is 6.07 Å². The number of halogens is 1. The standard InChI is InChI=1S/C12H19N3S.HI/c1-9-6-10(2)8-11(7-9)15-12(13)14-4-5-16-3;/h6-8H,4-5H2,1-3H3,(H3,13,14,15);1H. The van der Waals surface area contributed by atoms with Gasteiger partial charge in [-0.25, -0.2) is 0 Å². The summed E-state index contributed by atoms with van der Waals surface area (Å²) < 4.78 is 0. The van der Waals surface area contributed by atoms with Gasteiger partial charge in [-0.05, 0) is 43.4 Å². The summed E-state index contributed by atoms with van der Waals surface area (Å²) in [4.78, 5) is 4.23. The number of guanidine groups is 1. The minimum Gasteiger partial charge on any atom is -0.370 e. The highest BCUT2D eigenvalue weighted by atomic mass is 127. The molecule has 0 heterocycles. The van der Waals surface area contributed by atoms with Crippen molar-refractivity contribution in [2.24, 2.45) is 10.7 Å². The normalized spacial score (nSPS) is 10.9. The molecule has 0 spiro atoms. The summed E-state index contributed by atoms with van der Waals surface area (Å²) in [5.74, 6) is 1.48. The van der Waals surface area contributed by atoms with Crippen LogP contribution in [0.1, 0.15) is 11.1 Å². The van der Waals surface area contributed by atoms with Gasteiger partial charge in [0, 0.05) is 11.4 Å². The second kappa shape index (κ2) is 8.63. The van der Waals surface area contributed by atoms with E-state index in [9.17, 15) is 0 Å². The van der Waals surface area contributed by atoms with E-state index in [-0.39, 0.29) is 24.0 Å². The SMILES string of the molecule is CSCCN=C(N)Nc1cc(C)cc(C)c1.I. The summed E-state index contributed by atoms with van der Waals surface area (Å²) >= 11 is 1.76. The molecule has 0 saturated carbocycles. The molecule has 0 bridgehead atoms. The van der Waals surface area contributed by atoms with Gasteiger partial charge in [-0.15, -0.1) is 24.0 Å². The topological polar surface area (TPSA) is 50.4 Å². The summed E-state index contributed by atoms with van der Waals surface area (Å²) in [5, 5.41) is 3.10. The lowest BCUT2D eigenvalue weighted by molar-refractivity contribution is 1.13. The zero-order chi connectivity index (χ0) is 12.0. The smallest absolute Gasteiger partial charge is 0.193 e. The molecule has 3 N–H and O–H groups in total. The highest BCUT2D eigenvalue weighted by molar-refractivity contribution is 14.0. The molecule has 96 valence electrons. The number of nitrogens with one attached hydrogen (secondary N) is 1. The Morgan fingerprint density at radius 3 is 2.41 bits per heavy atom. The maximum Gasteiger partial charge on any atom is 0.193 e. The van der Waals surface area contributed by atoms with Crippen molar-refractivity contribution in [2.45, 2.75) is 13.8 Å². The molecule has 0 atom stereocenters. The lowest BCUT2D eigenvalue weighted by atomic mass is 10.1. The van der Waals surface area contributed by atoms with E-state index in [1.54, 1.807) is 11.8 Å². The number of nitrogens with two attached hydrogens (primary N) is 1. The van der Waals surface area contributed by atoms with E-state index >= 15 is 0 Å². The lowest BCUT2D eigenvalue weighted by Crippen LogP contribution is -2.23. The average molecular weight is 365 g/mol. The average Bonchev–Trinajstić information content (AvgIpc) is 2.16. The first-order valence-electron chi connectivity index (χ1n) is 5.26. The van der Waals surface area contributed by atoms with Gasteiger partial charge < -0.3 is 11.1 Å². The van der Waals surface area contributed by atoms with E-state index in [0.717, 1.165) is 18.0 Å². The number of anilines is 1. The Balaban J connectivity index is 0.00000256. The van der Waals surface area contributed by atoms with Crippen molar-refractivity contribution in [3.63, 3.8) is 0 Å². The van der Waals surface area contributed by atoms with Crippen LogP contribution in [0.15, 0.2) is 23.2 Å². The van der Waals surface area contributed by atoms with Crippen LogP contribution in [0.5, 0.6) is 0 Å². The number of thioether (sulfide) groups is 1. The second-order valence-corrected chi connectivity index (χ2v) is 4.75. The monoisotopic (exact) mass is 365 g/mol. The van der Waals surface area contributed by atoms with Crippen molar-refractivity contribution in [1.29, 1.82) is 0 Å². The highest BCUT2D eigenvalue weighted by Gasteiger charge is 1.97. The van der Waals surface area contributed by atoms with E-state index in [2.05, 4.69) is 48.6 Å². The zero-order valence-corrected chi connectivity index (χ0v) is 13.6. The fourth-order valence-electron chi connectivity index (χ4n) is 1.49. The number of benzene rings is 1. The molecule has 5 heteroatoms. The van der Waals surface area contributed by atoms with Crippen molar-refractivity contribution >= 4 is 47.4 Å². The number of aryl methyl sites for hydroxylation is 2. The fourth-order valence-corrected chi connectivity index (χ4v) is 1.77. The number of nitrogens with zero attached hydrogens (tertiary/aromatic N) is 1. The molecular weight excluding hydrogens is 345 g/mol. The van der Waals surface area contributed by atoms with E-state index in [1.807, 2.05) is 0 Å². The van der Waals surface area contributed by atoms with E-state index in [4.69, 9.17) is 5.73 Å². The van der Waals surface area contributed by atoms with Gasteiger partial charge in [0.1, 0.15) is 0 Å². The van der Waals surface area contributed by atoms with Crippen molar-refractivity contribution in [3.8, 4) is 0 Å². The van der Waals surface area contributed by atoms with Crippen LogP contribution in [0.2, 0.25) is 0 Å². The quantitative estimate of drug-likeness (QED) is 0.373. The summed E-state index contributed by atoms with van der Waals surface area (Å²) in [7, 11) is 0. The molecule has 0 fully saturated rings. The van der Waals surface area contributed by atoms with E-state index in [0.29, 0.717) is 5.96 Å². The molecule has 0 radical (unpaired) electrons. The number of hydrogen-bond acceptors (Lipinski definition) is 2. The van der Waals surface area contributed by atoms with Crippen molar-refractivity contribution in [2.75, 3.05) is 23.9 Å². The number of aliphatic imine (C=N–C) groups is 1. The summed E-state index contributed by atoms with van der Waals surface area (Å²) in [6.07, 6.45) is 2.06. The molecule has 0 aliphatic carbocycles. The molecule has 1 aromatic carbocycles. The van der Waals surface area contributed by atoms with Crippen molar-refractivity contribution < 1.29 is 0 Å². The number of hydrogen-bond donors (Lipinski definition) is 2. The van der Waals surface area contributed by atoms with Crippen LogP contribution >= 0.6 is 35.7 Å². The summed E-state index contributed by atoms with van der Waals surface area (Å²) in [6.45, 7) is 4.89. The molecule has 0 aliphatic rings. The first-order chi connectivity index (χ1) is 7.61. The van der Waals surface area contributed by atoms with Gasteiger partial charge in [-0.2, -0.15) is 11.8 Å².